The van der Waals surface area contributed by atoms with Gasteiger partial charge >= 0.3 is 6.03 Å². The Hall–Kier alpha value is -5.55. The van der Waals surface area contributed by atoms with Gasteiger partial charge in [0.1, 0.15) is 6.54 Å². The van der Waals surface area contributed by atoms with Crippen LogP contribution in [-0.2, 0) is 22.7 Å². The second-order valence-electron chi connectivity index (χ2n) is 11.9. The van der Waals surface area contributed by atoms with Gasteiger partial charge in [-0.2, -0.15) is 0 Å². The second-order valence-corrected chi connectivity index (χ2v) is 11.9. The molecule has 48 heavy (non-hydrogen) atoms. The Labute approximate surface area is 283 Å². The highest BCUT2D eigenvalue weighted by Crippen LogP contribution is 2.43. The molecule has 1 aromatic heterocycles. The molecular weight excluding hydrogens is 632 g/mol. The molecule has 3 aliphatic rings. The fourth-order valence-electron chi connectivity index (χ4n) is 6.74. The maximum absolute atomic E-state index is 14.2. The molecule has 244 valence electrons. The molecule has 11 nitrogen and oxygen atoms in total. The molecule has 2 aliphatic heterocycles. The van der Waals surface area contributed by atoms with Gasteiger partial charge in [-0.3, -0.25) is 29.1 Å². The minimum Gasteiger partial charge on any atom is -0.334 e. The minimum absolute atomic E-state index is 0. The van der Waals surface area contributed by atoms with Crippen molar-refractivity contribution < 1.29 is 24.0 Å². The van der Waals surface area contributed by atoms with Crippen molar-refractivity contribution in [3.8, 4) is 0 Å². The third-order valence-corrected chi connectivity index (χ3v) is 9.02. The number of carbonyl (C=O) groups excluding carboxylic acids is 5. The van der Waals surface area contributed by atoms with E-state index in [-0.39, 0.29) is 42.0 Å². The summed E-state index contributed by atoms with van der Waals surface area (Å²) in [7, 11) is 0. The minimum atomic E-state index is -0.494. The number of carbonyl (C=O) groups is 5. The lowest BCUT2D eigenvalue weighted by atomic mass is 10.0. The number of benzene rings is 3. The highest BCUT2D eigenvalue weighted by molar-refractivity contribution is 6.23. The fraction of sp³-hybridized carbons (Fsp3) is 0.222. The van der Waals surface area contributed by atoms with Crippen LogP contribution in [0.2, 0.25) is 0 Å². The zero-order valence-electron chi connectivity index (χ0n) is 25.9. The molecule has 0 radical (unpaired) electrons. The SMILES string of the molecule is Cl.O=C(NCc1ccncc1)Nc1ccc(CN2C(=O)[C@H]3CCC[C@H]3N(C(=O)CN3C(=O)c4ccccc4C3=O)c3ccccc32)cc1. The number of aromatic nitrogens is 1. The zero-order valence-corrected chi connectivity index (χ0v) is 26.7. The molecule has 6 amide bonds. The van der Waals surface area contributed by atoms with E-state index in [1.165, 1.54) is 0 Å². The molecule has 3 aromatic carbocycles. The molecule has 0 unspecified atom stereocenters. The summed E-state index contributed by atoms with van der Waals surface area (Å²) in [4.78, 5) is 75.2. The van der Waals surface area contributed by atoms with Crippen LogP contribution in [-0.4, -0.2) is 52.1 Å². The summed E-state index contributed by atoms with van der Waals surface area (Å²) in [5.41, 5.74) is 4.10. The summed E-state index contributed by atoms with van der Waals surface area (Å²) >= 11 is 0. The van der Waals surface area contributed by atoms with Crippen molar-refractivity contribution in [2.24, 2.45) is 5.92 Å². The van der Waals surface area contributed by atoms with Crippen LogP contribution >= 0.6 is 12.4 Å². The Morgan fingerprint density at radius 3 is 2.08 bits per heavy atom. The number of anilines is 3. The standard InChI is InChI=1S/C36H32N6O5.ClH/c43-32(22-41-33(44)26-6-1-2-7-27(26)34(41)45)42-29-11-5-8-28(29)35(46)40(30-9-3-4-10-31(30)42)21-24-12-14-25(15-13-24)39-36(47)38-20-23-16-18-37-19-17-23;/h1-4,6-7,9-10,12-19,28-29H,5,8,11,20-22H2,(H2,38,39,47);1H/t28-,29+;/m0./s1. The molecule has 1 fully saturated rings. The first-order valence-electron chi connectivity index (χ1n) is 15.6. The van der Waals surface area contributed by atoms with E-state index < -0.39 is 36.2 Å². The van der Waals surface area contributed by atoms with E-state index in [1.54, 1.807) is 58.6 Å². The number of amides is 6. The summed E-state index contributed by atoms with van der Waals surface area (Å²) in [6.45, 7) is 0.208. The first kappa shape index (κ1) is 32.4. The van der Waals surface area contributed by atoms with Crippen LogP contribution in [0.4, 0.5) is 21.9 Å². The Morgan fingerprint density at radius 1 is 0.750 bits per heavy atom. The molecule has 12 heteroatoms. The normalized spacial score (nSPS) is 18.0. The van der Waals surface area contributed by atoms with Crippen LogP contribution < -0.4 is 20.4 Å². The van der Waals surface area contributed by atoms with Crippen LogP contribution in [0.15, 0.2) is 97.3 Å². The van der Waals surface area contributed by atoms with Gasteiger partial charge in [0.25, 0.3) is 11.8 Å². The molecule has 1 saturated carbocycles. The third kappa shape index (κ3) is 6.12. The Bertz CT molecular complexity index is 1850. The molecule has 0 saturated heterocycles. The van der Waals surface area contributed by atoms with E-state index in [4.69, 9.17) is 0 Å². The van der Waals surface area contributed by atoms with Crippen molar-refractivity contribution in [3.05, 3.63) is 120 Å². The Balaban J connectivity index is 0.00000401. The summed E-state index contributed by atoms with van der Waals surface area (Å²) in [6, 6.07) is 24.0. The van der Waals surface area contributed by atoms with Gasteiger partial charge in [-0.15, -0.1) is 12.4 Å². The molecule has 1 aliphatic carbocycles. The number of rotatable bonds is 7. The quantitative estimate of drug-likeness (QED) is 0.262. The van der Waals surface area contributed by atoms with Crippen molar-refractivity contribution in [3.63, 3.8) is 0 Å². The lowest BCUT2D eigenvalue weighted by Gasteiger charge is -2.31. The predicted octanol–water partition coefficient (Wildman–Crippen LogP) is 5.17. The number of urea groups is 1. The van der Waals surface area contributed by atoms with Gasteiger partial charge < -0.3 is 20.4 Å². The summed E-state index contributed by atoms with van der Waals surface area (Å²) < 4.78 is 0. The van der Waals surface area contributed by atoms with Crippen LogP contribution in [0.25, 0.3) is 0 Å². The number of nitrogens with one attached hydrogen (secondary N) is 2. The molecule has 0 bridgehead atoms. The van der Waals surface area contributed by atoms with E-state index >= 15 is 0 Å². The van der Waals surface area contributed by atoms with Crippen LogP contribution in [0.5, 0.6) is 0 Å². The number of imide groups is 1. The maximum atomic E-state index is 14.2. The van der Waals surface area contributed by atoms with Gasteiger partial charge in [-0.05, 0) is 72.5 Å². The van der Waals surface area contributed by atoms with Gasteiger partial charge in [-0.25, -0.2) is 4.79 Å². The number of fused-ring (bicyclic) bond motifs is 3. The molecule has 4 aromatic rings. The highest BCUT2D eigenvalue weighted by Gasteiger charge is 2.47. The molecule has 3 heterocycles. The average Bonchev–Trinajstić information content (AvgIpc) is 3.64. The van der Waals surface area contributed by atoms with Crippen LogP contribution in [0, 0.1) is 5.92 Å². The summed E-state index contributed by atoms with van der Waals surface area (Å²) in [6.07, 6.45) is 5.37. The largest absolute Gasteiger partial charge is 0.334 e. The van der Waals surface area contributed by atoms with Crippen molar-refractivity contribution in [1.29, 1.82) is 0 Å². The van der Waals surface area contributed by atoms with Crippen molar-refractivity contribution in [2.45, 2.75) is 38.4 Å². The smallest absolute Gasteiger partial charge is 0.319 e. The maximum Gasteiger partial charge on any atom is 0.319 e. The number of hydrogen-bond acceptors (Lipinski definition) is 6. The number of hydrogen-bond donors (Lipinski definition) is 2. The van der Waals surface area contributed by atoms with Gasteiger partial charge in [0.15, 0.2) is 0 Å². The van der Waals surface area contributed by atoms with Gasteiger partial charge in [-0.1, -0.05) is 42.8 Å². The Morgan fingerprint density at radius 2 is 1.40 bits per heavy atom. The summed E-state index contributed by atoms with van der Waals surface area (Å²) in [5.74, 6) is -1.90. The molecule has 0 spiro atoms. The molecule has 2 atom stereocenters. The number of halogens is 1. The lowest BCUT2D eigenvalue weighted by Crippen LogP contribution is -2.49. The van der Waals surface area contributed by atoms with Crippen molar-refractivity contribution >= 4 is 59.1 Å². The second kappa shape index (κ2) is 13.7. The highest BCUT2D eigenvalue weighted by atomic mass is 35.5. The van der Waals surface area contributed by atoms with Gasteiger partial charge in [0.05, 0.1) is 35.0 Å². The number of para-hydroxylation sites is 2. The average molecular weight is 665 g/mol. The van der Waals surface area contributed by atoms with E-state index in [0.29, 0.717) is 36.4 Å². The number of nitrogens with zero attached hydrogens (tertiary/aromatic N) is 4. The molecule has 7 rings (SSSR count). The Kier molecular flexibility index (Phi) is 9.22. The first-order valence-corrected chi connectivity index (χ1v) is 15.6. The van der Waals surface area contributed by atoms with E-state index in [0.717, 1.165) is 22.4 Å². The monoisotopic (exact) mass is 664 g/mol. The topological polar surface area (TPSA) is 132 Å². The van der Waals surface area contributed by atoms with Gasteiger partial charge in [0.2, 0.25) is 11.8 Å². The summed E-state index contributed by atoms with van der Waals surface area (Å²) in [5, 5.41) is 5.64. The predicted molar refractivity (Wildman–Crippen MR) is 182 cm³/mol. The van der Waals surface area contributed by atoms with Crippen molar-refractivity contribution in [1.82, 2.24) is 15.2 Å². The fourth-order valence-corrected chi connectivity index (χ4v) is 6.74. The zero-order chi connectivity index (χ0) is 32.5. The third-order valence-electron chi connectivity index (χ3n) is 9.02. The first-order chi connectivity index (χ1) is 22.9. The van der Waals surface area contributed by atoms with E-state index in [2.05, 4.69) is 15.6 Å². The van der Waals surface area contributed by atoms with Crippen LogP contribution in [0.3, 0.4) is 0 Å². The van der Waals surface area contributed by atoms with E-state index in [9.17, 15) is 24.0 Å². The van der Waals surface area contributed by atoms with Gasteiger partial charge in [0, 0.05) is 30.7 Å². The van der Waals surface area contributed by atoms with Crippen LogP contribution in [0.1, 0.15) is 51.1 Å². The number of pyridine rings is 1. The molecular formula is C36H33ClN6O5. The lowest BCUT2D eigenvalue weighted by molar-refractivity contribution is -0.123. The molecule has 2 N–H and O–H groups in total. The van der Waals surface area contributed by atoms with E-state index in [1.807, 2.05) is 48.5 Å². The van der Waals surface area contributed by atoms with Crippen molar-refractivity contribution in [2.75, 3.05) is 21.7 Å².